The zero-order valence-electron chi connectivity index (χ0n) is 21.4. The lowest BCUT2D eigenvalue weighted by atomic mass is 9.90. The predicted molar refractivity (Wildman–Crippen MR) is 148 cm³/mol. The van der Waals surface area contributed by atoms with E-state index in [1.165, 1.54) is 30.3 Å². The highest BCUT2D eigenvalue weighted by molar-refractivity contribution is 6.23. The van der Waals surface area contributed by atoms with Gasteiger partial charge in [0.1, 0.15) is 11.5 Å². The molecule has 0 aliphatic heterocycles. The molecule has 0 aromatic heterocycles. The van der Waals surface area contributed by atoms with E-state index in [1.807, 2.05) is 0 Å². The van der Waals surface area contributed by atoms with Crippen LogP contribution in [0.2, 0.25) is 0 Å². The van der Waals surface area contributed by atoms with Gasteiger partial charge in [-0.3, -0.25) is 50.0 Å². The van der Waals surface area contributed by atoms with Crippen molar-refractivity contribution in [2.24, 2.45) is 0 Å². The first-order chi connectivity index (χ1) is 20.3. The standard InChI is InChI=1S/C26H16N6O11/c27-15-1-3-20(4-2-15)43-22-6-5-21(28)23(25(33)13-7-16(29(35)36)11-17(8-13)30(37)38)24(22)26(34)14-9-18(31(39)40)12-19(10-14)32(41)42/h1-12H,27-28H2. The number of nitro benzene ring substituents is 4. The maximum absolute atomic E-state index is 14.0. The molecule has 0 fully saturated rings. The monoisotopic (exact) mass is 588 g/mol. The fourth-order valence-corrected chi connectivity index (χ4v) is 3.98. The summed E-state index contributed by atoms with van der Waals surface area (Å²) in [6.07, 6.45) is 0. The molecule has 43 heavy (non-hydrogen) atoms. The minimum Gasteiger partial charge on any atom is -0.457 e. The quantitative estimate of drug-likeness (QED) is 0.110. The van der Waals surface area contributed by atoms with Crippen molar-refractivity contribution in [3.63, 3.8) is 0 Å². The summed E-state index contributed by atoms with van der Waals surface area (Å²) in [5, 5.41) is 45.8. The third-order valence-corrected chi connectivity index (χ3v) is 5.93. The van der Waals surface area contributed by atoms with E-state index in [4.69, 9.17) is 16.2 Å². The highest BCUT2D eigenvalue weighted by atomic mass is 16.6. The number of hydrogen-bond donors (Lipinski definition) is 2. The van der Waals surface area contributed by atoms with Crippen molar-refractivity contribution in [2.75, 3.05) is 11.5 Å². The molecular formula is C26H16N6O11. The molecule has 0 heterocycles. The van der Waals surface area contributed by atoms with Crippen LogP contribution in [0.25, 0.3) is 0 Å². The molecule has 17 nitrogen and oxygen atoms in total. The van der Waals surface area contributed by atoms with Crippen molar-refractivity contribution in [1.29, 1.82) is 0 Å². The number of benzene rings is 4. The lowest BCUT2D eigenvalue weighted by Crippen LogP contribution is -2.16. The third-order valence-electron chi connectivity index (χ3n) is 5.93. The average Bonchev–Trinajstić information content (AvgIpc) is 2.97. The van der Waals surface area contributed by atoms with Gasteiger partial charge in [0.15, 0.2) is 11.6 Å². The molecule has 0 aliphatic rings. The molecule has 0 saturated carbocycles. The van der Waals surface area contributed by atoms with E-state index in [0.717, 1.165) is 30.3 Å². The van der Waals surface area contributed by atoms with Crippen LogP contribution in [0.5, 0.6) is 11.5 Å². The number of rotatable bonds is 10. The van der Waals surface area contributed by atoms with Gasteiger partial charge >= 0.3 is 0 Å². The number of nitro groups is 4. The fraction of sp³-hybridized carbons (Fsp3) is 0. The molecule has 216 valence electrons. The minimum absolute atomic E-state index is 0.0995. The van der Waals surface area contributed by atoms with Gasteiger partial charge in [-0.15, -0.1) is 0 Å². The molecule has 0 saturated heterocycles. The molecule has 4 aromatic carbocycles. The lowest BCUT2D eigenvalue weighted by Gasteiger charge is -2.16. The zero-order valence-corrected chi connectivity index (χ0v) is 21.4. The number of nitrogen functional groups attached to an aromatic ring is 2. The number of non-ortho nitro benzene ring substituents is 4. The summed E-state index contributed by atoms with van der Waals surface area (Å²) in [6.45, 7) is 0. The Morgan fingerprint density at radius 2 is 0.953 bits per heavy atom. The van der Waals surface area contributed by atoms with Gasteiger partial charge in [0, 0.05) is 46.8 Å². The van der Waals surface area contributed by atoms with Crippen LogP contribution in [0.4, 0.5) is 34.1 Å². The molecule has 0 bridgehead atoms. The number of hydrogen-bond acceptors (Lipinski definition) is 13. The predicted octanol–water partition coefficient (Wildman–Crippen LogP) is 4.74. The van der Waals surface area contributed by atoms with Crippen LogP contribution in [-0.4, -0.2) is 31.3 Å². The maximum atomic E-state index is 14.0. The van der Waals surface area contributed by atoms with Crippen molar-refractivity contribution < 1.29 is 34.0 Å². The smallest absolute Gasteiger partial charge is 0.277 e. The molecule has 0 unspecified atom stereocenters. The molecule has 4 N–H and O–H groups in total. The van der Waals surface area contributed by atoms with Crippen LogP contribution in [0.3, 0.4) is 0 Å². The minimum atomic E-state index is -1.19. The second kappa shape index (κ2) is 11.4. The summed E-state index contributed by atoms with van der Waals surface area (Å²) in [5.74, 6) is -2.62. The van der Waals surface area contributed by atoms with E-state index in [9.17, 15) is 50.0 Å². The highest BCUT2D eigenvalue weighted by Crippen LogP contribution is 2.37. The van der Waals surface area contributed by atoms with Crippen LogP contribution in [0, 0.1) is 40.5 Å². The zero-order chi connectivity index (χ0) is 31.6. The van der Waals surface area contributed by atoms with E-state index in [2.05, 4.69) is 0 Å². The highest BCUT2D eigenvalue weighted by Gasteiger charge is 2.31. The van der Waals surface area contributed by atoms with Crippen molar-refractivity contribution in [3.8, 4) is 11.5 Å². The number of ether oxygens (including phenoxy) is 1. The number of anilines is 2. The largest absolute Gasteiger partial charge is 0.457 e. The van der Waals surface area contributed by atoms with E-state index in [0.29, 0.717) is 17.8 Å². The lowest BCUT2D eigenvalue weighted by molar-refractivity contribution is -0.394. The van der Waals surface area contributed by atoms with Gasteiger partial charge in [0.05, 0.1) is 43.0 Å². The summed E-state index contributed by atoms with van der Waals surface area (Å²) < 4.78 is 5.80. The van der Waals surface area contributed by atoms with E-state index >= 15 is 0 Å². The summed E-state index contributed by atoms with van der Waals surface area (Å²) >= 11 is 0. The van der Waals surface area contributed by atoms with Gasteiger partial charge in [0.2, 0.25) is 0 Å². The van der Waals surface area contributed by atoms with Gasteiger partial charge in [-0.25, -0.2) is 0 Å². The SMILES string of the molecule is Nc1ccc(Oc2ccc(N)c(C(=O)c3cc([N+](=O)[O-])cc([N+](=O)[O-])c3)c2C(=O)c2cc([N+](=O)[O-])cc([N+](=O)[O-])c2)cc1. The van der Waals surface area contributed by atoms with E-state index in [-0.39, 0.29) is 17.2 Å². The Morgan fingerprint density at radius 1 is 0.558 bits per heavy atom. The third kappa shape index (κ3) is 6.04. The molecule has 4 rings (SSSR count). The average molecular weight is 588 g/mol. The molecule has 0 radical (unpaired) electrons. The van der Waals surface area contributed by atoms with Gasteiger partial charge in [-0.1, -0.05) is 0 Å². The van der Waals surface area contributed by atoms with Crippen molar-refractivity contribution in [3.05, 3.63) is 136 Å². The number of carbonyl (C=O) groups is 2. The first kappa shape index (κ1) is 29.2. The van der Waals surface area contributed by atoms with E-state index in [1.54, 1.807) is 0 Å². The van der Waals surface area contributed by atoms with Crippen LogP contribution in [0.15, 0.2) is 72.8 Å². The Labute approximate surface area is 238 Å². The van der Waals surface area contributed by atoms with Crippen LogP contribution in [-0.2, 0) is 0 Å². The first-order valence-electron chi connectivity index (χ1n) is 11.7. The van der Waals surface area contributed by atoms with Gasteiger partial charge < -0.3 is 16.2 Å². The maximum Gasteiger partial charge on any atom is 0.277 e. The van der Waals surface area contributed by atoms with Gasteiger partial charge in [-0.2, -0.15) is 0 Å². The molecule has 17 heteroatoms. The summed E-state index contributed by atoms with van der Waals surface area (Å²) in [7, 11) is 0. The molecule has 4 aromatic rings. The Morgan fingerprint density at radius 3 is 1.35 bits per heavy atom. The van der Waals surface area contributed by atoms with Gasteiger partial charge in [-0.05, 0) is 36.4 Å². The van der Waals surface area contributed by atoms with E-state index < -0.39 is 76.3 Å². The second-order valence-corrected chi connectivity index (χ2v) is 8.74. The van der Waals surface area contributed by atoms with Crippen LogP contribution >= 0.6 is 0 Å². The van der Waals surface area contributed by atoms with Crippen molar-refractivity contribution in [1.82, 2.24) is 0 Å². The number of carbonyl (C=O) groups excluding carboxylic acids is 2. The molecule has 0 atom stereocenters. The topological polar surface area (TPSA) is 268 Å². The summed E-state index contributed by atoms with van der Waals surface area (Å²) in [6, 6.07) is 12.2. The van der Waals surface area contributed by atoms with Crippen molar-refractivity contribution in [2.45, 2.75) is 0 Å². The van der Waals surface area contributed by atoms with Crippen LogP contribution in [0.1, 0.15) is 31.8 Å². The fourth-order valence-electron chi connectivity index (χ4n) is 3.98. The Bertz CT molecular complexity index is 1810. The second-order valence-electron chi connectivity index (χ2n) is 8.74. The number of ketones is 2. The Balaban J connectivity index is 2.01. The summed E-state index contributed by atoms with van der Waals surface area (Å²) in [5.41, 5.74) is 6.01. The van der Waals surface area contributed by atoms with Crippen LogP contribution < -0.4 is 16.2 Å². The molecular weight excluding hydrogens is 572 g/mol. The first-order valence-corrected chi connectivity index (χ1v) is 11.7. The molecule has 0 spiro atoms. The number of nitrogens with zero attached hydrogens (tertiary/aromatic N) is 4. The summed E-state index contributed by atoms with van der Waals surface area (Å²) in [4.78, 5) is 69.7. The normalized spacial score (nSPS) is 10.5. The Kier molecular flexibility index (Phi) is 7.73. The molecule has 0 aliphatic carbocycles. The molecule has 0 amide bonds. The van der Waals surface area contributed by atoms with Crippen molar-refractivity contribution >= 4 is 45.7 Å². The van der Waals surface area contributed by atoms with Gasteiger partial charge in [0.25, 0.3) is 22.7 Å². The Hall–Kier alpha value is -6.78. The number of nitrogens with two attached hydrogens (primary N) is 2.